The number of hydrogen-bond acceptors (Lipinski definition) is 5. The topological polar surface area (TPSA) is 61.8 Å². The quantitative estimate of drug-likeness (QED) is 0.121. The molecule has 0 N–H and O–H groups in total. The number of methoxy groups -OCH3 is 2. The lowest BCUT2D eigenvalue weighted by Crippen LogP contribution is -2.34. The highest BCUT2D eigenvalue weighted by Crippen LogP contribution is 2.52. The maximum atomic E-state index is 12.3. The zero-order chi connectivity index (χ0) is 22.9. The molecule has 0 heterocycles. The number of allylic oxidation sites excluding steroid dienone is 3. The number of fused-ring (bicyclic) bond motifs is 1. The monoisotopic (exact) mass is 434 g/mol. The summed E-state index contributed by atoms with van der Waals surface area (Å²) < 4.78 is 16.6. The lowest BCUT2D eigenvalue weighted by atomic mass is 9.89. The lowest BCUT2D eigenvalue weighted by Gasteiger charge is -2.31. The van der Waals surface area contributed by atoms with E-state index in [0.29, 0.717) is 24.7 Å². The van der Waals surface area contributed by atoms with Gasteiger partial charge in [0.2, 0.25) is 0 Å². The van der Waals surface area contributed by atoms with Gasteiger partial charge in [0.25, 0.3) is 0 Å². The summed E-state index contributed by atoms with van der Waals surface area (Å²) in [5.41, 5.74) is 1.49. The third kappa shape index (κ3) is 7.87. The zero-order valence-electron chi connectivity index (χ0n) is 20.2. The molecule has 0 unspecified atom stereocenters. The molecule has 0 saturated heterocycles. The SMILES string of the molecule is CCCCCC(=O)C=C[C@H]1[C@H]2CCC(=CCCCC(=O)OC)[C@@H]2C[C@@H]1OC(C)(C)OC. The molecule has 0 aromatic rings. The van der Waals surface area contributed by atoms with Crippen molar-refractivity contribution in [3.63, 3.8) is 0 Å². The molecule has 2 aliphatic rings. The molecule has 2 saturated carbocycles. The normalized spacial score (nSPS) is 27.2. The van der Waals surface area contributed by atoms with Gasteiger partial charge in [-0.1, -0.05) is 37.5 Å². The van der Waals surface area contributed by atoms with Crippen LogP contribution in [0.2, 0.25) is 0 Å². The van der Waals surface area contributed by atoms with Crippen LogP contribution in [-0.4, -0.2) is 37.9 Å². The van der Waals surface area contributed by atoms with Gasteiger partial charge in [-0.2, -0.15) is 0 Å². The Balaban J connectivity index is 2.05. The molecule has 0 radical (unpaired) electrons. The summed E-state index contributed by atoms with van der Waals surface area (Å²) in [5, 5.41) is 0. The van der Waals surface area contributed by atoms with E-state index in [2.05, 4.69) is 19.1 Å². The Morgan fingerprint density at radius 3 is 2.58 bits per heavy atom. The molecule has 176 valence electrons. The van der Waals surface area contributed by atoms with Gasteiger partial charge < -0.3 is 14.2 Å². The number of carbonyl (C=O) groups excluding carboxylic acids is 2. The van der Waals surface area contributed by atoms with Gasteiger partial charge in [0, 0.05) is 25.9 Å². The lowest BCUT2D eigenvalue weighted by molar-refractivity contribution is -0.228. The minimum Gasteiger partial charge on any atom is -0.469 e. The van der Waals surface area contributed by atoms with E-state index in [-0.39, 0.29) is 23.8 Å². The second-order valence-electron chi connectivity index (χ2n) is 9.41. The molecule has 2 aliphatic carbocycles. The summed E-state index contributed by atoms with van der Waals surface area (Å²) in [7, 11) is 3.11. The average Bonchev–Trinajstić information content (AvgIpc) is 3.28. The van der Waals surface area contributed by atoms with Gasteiger partial charge in [-0.25, -0.2) is 0 Å². The van der Waals surface area contributed by atoms with Crippen LogP contribution in [0.5, 0.6) is 0 Å². The van der Waals surface area contributed by atoms with Crippen molar-refractivity contribution < 1.29 is 23.8 Å². The summed E-state index contributed by atoms with van der Waals surface area (Å²) in [6.07, 6.45) is 15.5. The first kappa shape index (κ1) is 25.8. The number of rotatable bonds is 13. The van der Waals surface area contributed by atoms with Crippen LogP contribution < -0.4 is 0 Å². The van der Waals surface area contributed by atoms with Crippen molar-refractivity contribution >= 4 is 11.8 Å². The Labute approximate surface area is 188 Å². The molecule has 2 rings (SSSR count). The molecular weight excluding hydrogens is 392 g/mol. The predicted molar refractivity (Wildman–Crippen MR) is 123 cm³/mol. The fourth-order valence-electron chi connectivity index (χ4n) is 5.01. The molecular formula is C26H42O5. The van der Waals surface area contributed by atoms with Crippen LogP contribution in [-0.2, 0) is 23.8 Å². The largest absolute Gasteiger partial charge is 0.469 e. The first-order valence-electron chi connectivity index (χ1n) is 12.0. The van der Waals surface area contributed by atoms with Crippen LogP contribution in [0.4, 0.5) is 0 Å². The van der Waals surface area contributed by atoms with E-state index in [1.165, 1.54) is 12.7 Å². The Morgan fingerprint density at radius 1 is 1.13 bits per heavy atom. The smallest absolute Gasteiger partial charge is 0.305 e. The number of hydrogen-bond donors (Lipinski definition) is 0. The van der Waals surface area contributed by atoms with E-state index < -0.39 is 5.79 Å². The number of unbranched alkanes of at least 4 members (excludes halogenated alkanes) is 3. The zero-order valence-corrected chi connectivity index (χ0v) is 20.2. The predicted octanol–water partition coefficient (Wildman–Crippen LogP) is 5.78. The Morgan fingerprint density at radius 2 is 1.90 bits per heavy atom. The van der Waals surface area contributed by atoms with E-state index >= 15 is 0 Å². The van der Waals surface area contributed by atoms with Gasteiger partial charge in [0.15, 0.2) is 11.6 Å². The minimum atomic E-state index is -0.648. The number of ketones is 1. The van der Waals surface area contributed by atoms with E-state index in [1.807, 2.05) is 13.8 Å². The van der Waals surface area contributed by atoms with Crippen molar-refractivity contribution in [1.29, 1.82) is 0 Å². The first-order chi connectivity index (χ1) is 14.8. The molecule has 31 heavy (non-hydrogen) atoms. The Bertz CT molecular complexity index is 648. The summed E-state index contributed by atoms with van der Waals surface area (Å²) in [6, 6.07) is 0. The van der Waals surface area contributed by atoms with Gasteiger partial charge in [0.05, 0.1) is 13.2 Å². The third-order valence-electron chi connectivity index (χ3n) is 6.85. The maximum Gasteiger partial charge on any atom is 0.305 e. The van der Waals surface area contributed by atoms with Crippen LogP contribution in [0.1, 0.15) is 85.0 Å². The van der Waals surface area contributed by atoms with Crippen molar-refractivity contribution in [3.05, 3.63) is 23.8 Å². The summed E-state index contributed by atoms with van der Waals surface area (Å²) in [6.45, 7) is 6.04. The van der Waals surface area contributed by atoms with Gasteiger partial charge in [0.1, 0.15) is 0 Å². The number of esters is 1. The van der Waals surface area contributed by atoms with E-state index in [4.69, 9.17) is 14.2 Å². The molecule has 0 aromatic carbocycles. The Kier molecular flexibility index (Phi) is 10.4. The van der Waals surface area contributed by atoms with Gasteiger partial charge in [-0.15, -0.1) is 0 Å². The number of ether oxygens (including phenoxy) is 3. The summed E-state index contributed by atoms with van der Waals surface area (Å²) >= 11 is 0. The van der Waals surface area contributed by atoms with Gasteiger partial charge >= 0.3 is 5.97 Å². The van der Waals surface area contributed by atoms with Crippen LogP contribution in [0, 0.1) is 17.8 Å². The second kappa shape index (κ2) is 12.5. The van der Waals surface area contributed by atoms with Crippen molar-refractivity contribution in [2.75, 3.05) is 14.2 Å². The molecule has 5 heteroatoms. The fourth-order valence-corrected chi connectivity index (χ4v) is 5.01. The first-order valence-corrected chi connectivity index (χ1v) is 12.0. The molecule has 0 aromatic heterocycles. The summed E-state index contributed by atoms with van der Waals surface area (Å²) in [5.74, 6) is 0.650. The van der Waals surface area contributed by atoms with E-state index in [9.17, 15) is 9.59 Å². The maximum absolute atomic E-state index is 12.3. The Hall–Kier alpha value is -1.46. The molecule has 0 spiro atoms. The van der Waals surface area contributed by atoms with Crippen molar-refractivity contribution in [1.82, 2.24) is 0 Å². The molecule has 4 atom stereocenters. The molecule has 0 bridgehead atoms. The highest BCUT2D eigenvalue weighted by molar-refractivity contribution is 5.89. The van der Waals surface area contributed by atoms with Crippen LogP contribution >= 0.6 is 0 Å². The van der Waals surface area contributed by atoms with Gasteiger partial charge in [-0.05, 0) is 70.3 Å². The van der Waals surface area contributed by atoms with Crippen LogP contribution in [0.3, 0.4) is 0 Å². The van der Waals surface area contributed by atoms with Gasteiger partial charge in [-0.3, -0.25) is 9.59 Å². The fraction of sp³-hybridized carbons (Fsp3) is 0.769. The average molecular weight is 435 g/mol. The third-order valence-corrected chi connectivity index (χ3v) is 6.85. The van der Waals surface area contributed by atoms with Crippen LogP contribution in [0.25, 0.3) is 0 Å². The summed E-state index contributed by atoms with van der Waals surface area (Å²) in [4.78, 5) is 23.7. The van der Waals surface area contributed by atoms with Crippen LogP contribution in [0.15, 0.2) is 23.8 Å². The highest BCUT2D eigenvalue weighted by atomic mass is 16.7. The second-order valence-corrected chi connectivity index (χ2v) is 9.41. The minimum absolute atomic E-state index is 0.0448. The van der Waals surface area contributed by atoms with E-state index in [0.717, 1.165) is 51.4 Å². The van der Waals surface area contributed by atoms with E-state index in [1.54, 1.807) is 13.2 Å². The highest BCUT2D eigenvalue weighted by Gasteiger charge is 2.48. The molecule has 5 nitrogen and oxygen atoms in total. The molecule has 0 aliphatic heterocycles. The molecule has 0 amide bonds. The number of carbonyl (C=O) groups is 2. The van der Waals surface area contributed by atoms with Crippen molar-refractivity contribution in [2.24, 2.45) is 17.8 Å². The van der Waals surface area contributed by atoms with Crippen molar-refractivity contribution in [2.45, 2.75) is 96.9 Å². The molecule has 2 fully saturated rings. The standard InChI is InChI=1S/C26H42O5/c1-6-7-8-12-20(27)15-17-22-21-16-14-19(11-9-10-13-25(28)29-4)23(21)18-24(22)31-26(2,3)30-5/h11,15,17,21-24H,6-10,12-14,16,18H2,1-5H3/t21-,22+,23+,24+/m1/s1. The van der Waals surface area contributed by atoms with Crippen molar-refractivity contribution in [3.8, 4) is 0 Å².